The molecule has 10 heteroatoms. The van der Waals surface area contributed by atoms with Gasteiger partial charge in [0.15, 0.2) is 0 Å². The van der Waals surface area contributed by atoms with Gasteiger partial charge in [-0.15, -0.1) is 22.6 Å². The second kappa shape index (κ2) is 6.67. The molecule has 0 aliphatic carbocycles. The van der Waals surface area contributed by atoms with Gasteiger partial charge in [-0.3, -0.25) is 4.79 Å². The summed E-state index contributed by atoms with van der Waals surface area (Å²) in [6.07, 6.45) is 0.00836. The molecule has 2 saturated heterocycles. The molecule has 2 N–H and O–H groups in total. The second-order valence-electron chi connectivity index (χ2n) is 5.64. The van der Waals surface area contributed by atoms with Crippen molar-refractivity contribution >= 4 is 34.8 Å². The van der Waals surface area contributed by atoms with Gasteiger partial charge < -0.3 is 10.6 Å². The normalized spacial score (nSPS) is 27.3. The van der Waals surface area contributed by atoms with Crippen LogP contribution in [-0.2, 0) is 11.0 Å². The number of rotatable bonds is 3. The lowest BCUT2D eigenvalue weighted by atomic mass is 9.89. The Morgan fingerprint density at radius 1 is 1.27 bits per heavy atom. The van der Waals surface area contributed by atoms with E-state index in [4.69, 9.17) is 0 Å². The molecule has 2 aliphatic heterocycles. The van der Waals surface area contributed by atoms with Crippen molar-refractivity contribution in [2.24, 2.45) is 5.92 Å². The van der Waals surface area contributed by atoms with Crippen LogP contribution in [0, 0.1) is 5.92 Å². The van der Waals surface area contributed by atoms with Crippen molar-refractivity contribution in [2.45, 2.75) is 50.4 Å². The Kier molecular flexibility index (Phi) is 5.29. The summed E-state index contributed by atoms with van der Waals surface area (Å²) in [5, 5.41) is 11.2. The van der Waals surface area contributed by atoms with Crippen molar-refractivity contribution in [3.05, 3.63) is 5.01 Å². The Labute approximate surface area is 135 Å². The SMILES string of the molecule is Cl.O=C(CC1CC2CCC(C1)N2)Nc1nnc(C(F)(F)F)s1. The van der Waals surface area contributed by atoms with E-state index in [0.717, 1.165) is 25.7 Å². The highest BCUT2D eigenvalue weighted by Crippen LogP contribution is 2.34. The molecular formula is C12H16ClF3N4OS. The molecule has 22 heavy (non-hydrogen) atoms. The minimum absolute atomic E-state index is 0. The summed E-state index contributed by atoms with van der Waals surface area (Å²) in [5.41, 5.74) is 0. The van der Waals surface area contributed by atoms with Gasteiger partial charge in [0.25, 0.3) is 0 Å². The first-order valence-corrected chi connectivity index (χ1v) is 7.68. The topological polar surface area (TPSA) is 66.9 Å². The average Bonchev–Trinajstić information content (AvgIpc) is 2.96. The number of hydrogen-bond donors (Lipinski definition) is 2. The Hall–Kier alpha value is -0.930. The summed E-state index contributed by atoms with van der Waals surface area (Å²) in [5.74, 6) is 0.00457. The van der Waals surface area contributed by atoms with Gasteiger partial charge in [-0.25, -0.2) is 0 Å². The lowest BCUT2D eigenvalue weighted by Gasteiger charge is -2.28. The van der Waals surface area contributed by atoms with E-state index in [0.29, 0.717) is 35.8 Å². The van der Waals surface area contributed by atoms with Crippen LogP contribution in [-0.4, -0.2) is 28.2 Å². The Balaban J connectivity index is 0.00000176. The summed E-state index contributed by atoms with van der Waals surface area (Å²) >= 11 is 0.352. The van der Waals surface area contributed by atoms with Crippen LogP contribution in [0.1, 0.15) is 37.1 Å². The lowest BCUT2D eigenvalue weighted by Crippen LogP contribution is -2.39. The van der Waals surface area contributed by atoms with Crippen LogP contribution < -0.4 is 10.6 Å². The minimum Gasteiger partial charge on any atom is -0.311 e. The molecule has 3 heterocycles. The molecule has 2 bridgehead atoms. The summed E-state index contributed by atoms with van der Waals surface area (Å²) < 4.78 is 37.2. The fourth-order valence-corrected chi connectivity index (χ4v) is 3.79. The van der Waals surface area contributed by atoms with Gasteiger partial charge in [-0.05, 0) is 31.6 Å². The molecule has 0 aromatic carbocycles. The first kappa shape index (κ1) is 17.4. The zero-order valence-electron chi connectivity index (χ0n) is 11.5. The maximum absolute atomic E-state index is 12.4. The smallest absolute Gasteiger partial charge is 0.311 e. The maximum atomic E-state index is 12.4. The third kappa shape index (κ3) is 4.08. The van der Waals surface area contributed by atoms with E-state index in [2.05, 4.69) is 20.8 Å². The molecule has 1 aromatic rings. The third-order valence-electron chi connectivity index (χ3n) is 3.96. The predicted octanol–water partition coefficient (Wildman–Crippen LogP) is 2.84. The van der Waals surface area contributed by atoms with E-state index < -0.39 is 11.2 Å². The third-order valence-corrected chi connectivity index (χ3v) is 4.84. The van der Waals surface area contributed by atoms with Gasteiger partial charge in [-0.1, -0.05) is 11.3 Å². The van der Waals surface area contributed by atoms with Crippen molar-refractivity contribution in [2.75, 3.05) is 5.32 Å². The first-order chi connectivity index (χ1) is 9.90. The number of amides is 1. The Bertz CT molecular complexity index is 527. The van der Waals surface area contributed by atoms with Crippen molar-refractivity contribution in [3.8, 4) is 0 Å². The number of aromatic nitrogens is 2. The van der Waals surface area contributed by atoms with E-state index in [9.17, 15) is 18.0 Å². The Morgan fingerprint density at radius 2 is 1.91 bits per heavy atom. The minimum atomic E-state index is -4.52. The van der Waals surface area contributed by atoms with Gasteiger partial charge in [-0.2, -0.15) is 13.2 Å². The number of halogens is 4. The van der Waals surface area contributed by atoms with Gasteiger partial charge in [0, 0.05) is 18.5 Å². The van der Waals surface area contributed by atoms with Crippen LogP contribution in [0.4, 0.5) is 18.3 Å². The van der Waals surface area contributed by atoms with Gasteiger partial charge >= 0.3 is 6.18 Å². The lowest BCUT2D eigenvalue weighted by molar-refractivity contribution is -0.138. The van der Waals surface area contributed by atoms with E-state index in [-0.39, 0.29) is 23.4 Å². The molecule has 0 spiro atoms. The molecule has 2 aliphatic rings. The molecule has 1 amide bonds. The summed E-state index contributed by atoms with van der Waals surface area (Å²) in [6.45, 7) is 0. The summed E-state index contributed by atoms with van der Waals surface area (Å²) in [7, 11) is 0. The van der Waals surface area contributed by atoms with Crippen LogP contribution >= 0.6 is 23.7 Å². The van der Waals surface area contributed by atoms with Crippen LogP contribution in [0.25, 0.3) is 0 Å². The van der Waals surface area contributed by atoms with E-state index in [1.165, 1.54) is 0 Å². The van der Waals surface area contributed by atoms with Crippen molar-refractivity contribution in [1.29, 1.82) is 0 Å². The highest BCUT2D eigenvalue weighted by molar-refractivity contribution is 7.15. The van der Waals surface area contributed by atoms with Crippen LogP contribution in [0.5, 0.6) is 0 Å². The molecule has 2 atom stereocenters. The number of fused-ring (bicyclic) bond motifs is 2. The quantitative estimate of drug-likeness (QED) is 0.874. The standard InChI is InChI=1S/C12H15F3N4OS.ClH/c13-12(14,15)10-18-19-11(21-10)17-9(20)5-6-3-7-1-2-8(4-6)16-7;/h6-8,16H,1-5H2,(H,17,19,20);1H. The molecule has 0 saturated carbocycles. The fourth-order valence-electron chi connectivity index (χ4n) is 3.16. The number of nitrogens with zero attached hydrogens (tertiary/aromatic N) is 2. The molecule has 124 valence electrons. The number of anilines is 1. The fraction of sp³-hybridized carbons (Fsp3) is 0.750. The number of piperidine rings is 1. The number of hydrogen-bond acceptors (Lipinski definition) is 5. The van der Waals surface area contributed by atoms with Crippen LogP contribution in [0.2, 0.25) is 0 Å². The molecule has 2 unspecified atom stereocenters. The highest BCUT2D eigenvalue weighted by atomic mass is 35.5. The summed E-state index contributed by atoms with van der Waals surface area (Å²) in [6, 6.07) is 0.972. The maximum Gasteiger partial charge on any atom is 0.445 e. The number of alkyl halides is 3. The monoisotopic (exact) mass is 356 g/mol. The van der Waals surface area contributed by atoms with Crippen LogP contribution in [0.15, 0.2) is 0 Å². The zero-order chi connectivity index (χ0) is 15.0. The number of nitrogens with one attached hydrogen (secondary N) is 2. The van der Waals surface area contributed by atoms with Crippen molar-refractivity contribution < 1.29 is 18.0 Å². The predicted molar refractivity (Wildman–Crippen MR) is 78.1 cm³/mol. The molecular weight excluding hydrogens is 341 g/mol. The number of carbonyl (C=O) groups is 1. The molecule has 0 radical (unpaired) electrons. The van der Waals surface area contributed by atoms with Crippen molar-refractivity contribution in [3.63, 3.8) is 0 Å². The highest BCUT2D eigenvalue weighted by Gasteiger charge is 2.36. The van der Waals surface area contributed by atoms with E-state index >= 15 is 0 Å². The Morgan fingerprint density at radius 3 is 2.45 bits per heavy atom. The average molecular weight is 357 g/mol. The van der Waals surface area contributed by atoms with Gasteiger partial charge in [0.05, 0.1) is 0 Å². The van der Waals surface area contributed by atoms with Crippen molar-refractivity contribution in [1.82, 2.24) is 15.5 Å². The van der Waals surface area contributed by atoms with E-state index in [1.807, 2.05) is 0 Å². The zero-order valence-corrected chi connectivity index (χ0v) is 13.2. The molecule has 3 rings (SSSR count). The van der Waals surface area contributed by atoms with Gasteiger partial charge in [0.2, 0.25) is 16.0 Å². The van der Waals surface area contributed by atoms with E-state index in [1.54, 1.807) is 0 Å². The van der Waals surface area contributed by atoms with Gasteiger partial charge in [0.1, 0.15) is 0 Å². The largest absolute Gasteiger partial charge is 0.445 e. The molecule has 5 nitrogen and oxygen atoms in total. The molecule has 2 fully saturated rings. The summed E-state index contributed by atoms with van der Waals surface area (Å²) in [4.78, 5) is 11.9. The molecule has 1 aromatic heterocycles. The number of carbonyl (C=O) groups excluding carboxylic acids is 1. The first-order valence-electron chi connectivity index (χ1n) is 6.87. The van der Waals surface area contributed by atoms with Crippen LogP contribution in [0.3, 0.4) is 0 Å². The second-order valence-corrected chi connectivity index (χ2v) is 6.62.